The van der Waals surface area contributed by atoms with E-state index in [2.05, 4.69) is 34.6 Å². The molecule has 2 rings (SSSR count). The third-order valence-electron chi connectivity index (χ3n) is 5.21. The van der Waals surface area contributed by atoms with E-state index in [0.29, 0.717) is 26.2 Å². The zero-order valence-electron chi connectivity index (χ0n) is 16.3. The minimum Gasteiger partial charge on any atom is -0.339 e. The lowest BCUT2D eigenvalue weighted by atomic mass is 9.86. The number of benzene rings is 1. The van der Waals surface area contributed by atoms with Crippen molar-refractivity contribution in [3.05, 3.63) is 35.4 Å². The van der Waals surface area contributed by atoms with E-state index in [-0.39, 0.29) is 23.1 Å². The Hall–Kier alpha value is -1.84. The highest BCUT2D eigenvalue weighted by Crippen LogP contribution is 2.23. The van der Waals surface area contributed by atoms with Gasteiger partial charge in [-0.3, -0.25) is 9.59 Å². The predicted octanol–water partition coefficient (Wildman–Crippen LogP) is 3.70. The first kappa shape index (κ1) is 19.5. The molecule has 4 nitrogen and oxygen atoms in total. The van der Waals surface area contributed by atoms with Crippen molar-refractivity contribution < 1.29 is 9.59 Å². The smallest absolute Gasteiger partial charge is 0.253 e. The summed E-state index contributed by atoms with van der Waals surface area (Å²) in [5.41, 5.74) is 2.04. The van der Waals surface area contributed by atoms with Gasteiger partial charge in [0.1, 0.15) is 0 Å². The highest BCUT2D eigenvalue weighted by Gasteiger charge is 2.27. The van der Waals surface area contributed by atoms with Crippen LogP contribution >= 0.6 is 0 Å². The minimum absolute atomic E-state index is 0.0649. The number of hydrogen-bond donors (Lipinski definition) is 0. The van der Waals surface area contributed by atoms with Crippen LogP contribution in [-0.2, 0) is 10.2 Å². The fourth-order valence-electron chi connectivity index (χ4n) is 3.32. The Morgan fingerprint density at radius 1 is 0.920 bits per heavy atom. The van der Waals surface area contributed by atoms with Gasteiger partial charge in [0.2, 0.25) is 5.91 Å². The molecule has 1 saturated heterocycles. The first-order valence-electron chi connectivity index (χ1n) is 9.46. The Morgan fingerprint density at radius 2 is 1.40 bits per heavy atom. The molecule has 0 aromatic heterocycles. The summed E-state index contributed by atoms with van der Waals surface area (Å²) >= 11 is 0. The van der Waals surface area contributed by atoms with Crippen LogP contribution in [0.5, 0.6) is 0 Å². The van der Waals surface area contributed by atoms with Crippen molar-refractivity contribution >= 4 is 11.8 Å². The molecule has 0 unspecified atom stereocenters. The molecule has 1 aliphatic rings. The highest BCUT2D eigenvalue weighted by atomic mass is 16.2. The summed E-state index contributed by atoms with van der Waals surface area (Å²) in [6.07, 6.45) is 1.77. The van der Waals surface area contributed by atoms with Crippen LogP contribution in [0.2, 0.25) is 0 Å². The van der Waals surface area contributed by atoms with Crippen LogP contribution in [0.1, 0.15) is 63.4 Å². The van der Waals surface area contributed by atoms with E-state index in [1.807, 2.05) is 34.1 Å². The van der Waals surface area contributed by atoms with Crippen LogP contribution in [0.25, 0.3) is 0 Å². The fourth-order valence-corrected chi connectivity index (χ4v) is 3.32. The van der Waals surface area contributed by atoms with E-state index in [1.165, 1.54) is 5.56 Å². The lowest BCUT2D eigenvalue weighted by Crippen LogP contribution is -2.51. The maximum atomic E-state index is 12.7. The van der Waals surface area contributed by atoms with Crippen LogP contribution in [0, 0.1) is 5.92 Å². The molecule has 4 heteroatoms. The van der Waals surface area contributed by atoms with Gasteiger partial charge in [0, 0.05) is 37.7 Å². The number of amides is 2. The average molecular weight is 344 g/mol. The molecule has 0 bridgehead atoms. The second kappa shape index (κ2) is 8.03. The van der Waals surface area contributed by atoms with Crippen molar-refractivity contribution in [2.75, 3.05) is 26.2 Å². The van der Waals surface area contributed by atoms with Crippen LogP contribution < -0.4 is 0 Å². The lowest BCUT2D eigenvalue weighted by Gasteiger charge is -2.36. The van der Waals surface area contributed by atoms with Crippen molar-refractivity contribution in [3.8, 4) is 0 Å². The summed E-state index contributed by atoms with van der Waals surface area (Å²) in [6, 6.07) is 7.93. The van der Waals surface area contributed by atoms with Crippen LogP contribution in [0.3, 0.4) is 0 Å². The average Bonchev–Trinajstić information content (AvgIpc) is 2.61. The molecule has 0 N–H and O–H groups in total. The van der Waals surface area contributed by atoms with Gasteiger partial charge in [-0.05, 0) is 36.0 Å². The zero-order valence-corrected chi connectivity index (χ0v) is 16.3. The molecule has 0 aliphatic carbocycles. The number of carbonyl (C=O) groups is 2. The van der Waals surface area contributed by atoms with Gasteiger partial charge in [0.25, 0.3) is 5.91 Å². The van der Waals surface area contributed by atoms with Crippen molar-refractivity contribution in [2.24, 2.45) is 5.92 Å². The summed E-state index contributed by atoms with van der Waals surface area (Å²) in [6.45, 7) is 13.1. The van der Waals surface area contributed by atoms with Gasteiger partial charge in [0.05, 0.1) is 0 Å². The van der Waals surface area contributed by atoms with Gasteiger partial charge in [-0.15, -0.1) is 0 Å². The van der Waals surface area contributed by atoms with Crippen molar-refractivity contribution in [1.82, 2.24) is 9.80 Å². The summed E-state index contributed by atoms with van der Waals surface area (Å²) in [5.74, 6) is 0.425. The molecular weight excluding hydrogens is 312 g/mol. The van der Waals surface area contributed by atoms with Gasteiger partial charge < -0.3 is 9.80 Å². The van der Waals surface area contributed by atoms with Crippen molar-refractivity contribution in [3.63, 3.8) is 0 Å². The van der Waals surface area contributed by atoms with Crippen molar-refractivity contribution in [1.29, 1.82) is 0 Å². The third-order valence-corrected chi connectivity index (χ3v) is 5.21. The zero-order chi connectivity index (χ0) is 18.6. The molecule has 1 aromatic rings. The lowest BCUT2D eigenvalue weighted by molar-refractivity contribution is -0.137. The molecular formula is C21H32N2O2. The van der Waals surface area contributed by atoms with E-state index in [1.54, 1.807) is 0 Å². The second-order valence-corrected chi connectivity index (χ2v) is 7.96. The normalized spacial score (nSPS) is 15.6. The largest absolute Gasteiger partial charge is 0.339 e. The van der Waals surface area contributed by atoms with Gasteiger partial charge in [-0.1, -0.05) is 46.8 Å². The third kappa shape index (κ3) is 4.62. The number of nitrogens with zero attached hydrogens (tertiary/aromatic N) is 2. The number of hydrogen-bond acceptors (Lipinski definition) is 2. The summed E-state index contributed by atoms with van der Waals surface area (Å²) in [5, 5.41) is 0. The summed E-state index contributed by atoms with van der Waals surface area (Å²) < 4.78 is 0. The molecule has 1 heterocycles. The SMILES string of the molecule is CCC(CC)C(=O)N1CCN(C(=O)c2ccc(C(C)(C)C)cc2)CC1. The molecule has 0 spiro atoms. The fraction of sp³-hybridized carbons (Fsp3) is 0.619. The van der Waals surface area contributed by atoms with Gasteiger partial charge in [-0.2, -0.15) is 0 Å². The molecule has 0 atom stereocenters. The second-order valence-electron chi connectivity index (χ2n) is 7.96. The van der Waals surface area contributed by atoms with E-state index >= 15 is 0 Å². The van der Waals surface area contributed by atoms with Crippen LogP contribution in [-0.4, -0.2) is 47.8 Å². The van der Waals surface area contributed by atoms with Crippen LogP contribution in [0.15, 0.2) is 24.3 Å². The monoisotopic (exact) mass is 344 g/mol. The van der Waals surface area contributed by atoms with Crippen LogP contribution in [0.4, 0.5) is 0 Å². The first-order valence-corrected chi connectivity index (χ1v) is 9.46. The van der Waals surface area contributed by atoms with Gasteiger partial charge in [-0.25, -0.2) is 0 Å². The number of rotatable bonds is 4. The first-order chi connectivity index (χ1) is 11.8. The predicted molar refractivity (Wildman–Crippen MR) is 102 cm³/mol. The molecule has 0 saturated carbocycles. The number of carbonyl (C=O) groups excluding carboxylic acids is 2. The standard InChI is InChI=1S/C21H32N2O2/c1-6-16(7-2)19(24)22-12-14-23(15-13-22)20(25)17-8-10-18(11-9-17)21(3,4)5/h8-11,16H,6-7,12-15H2,1-5H3. The maximum Gasteiger partial charge on any atom is 0.253 e. The Bertz CT molecular complexity index is 589. The van der Waals surface area contributed by atoms with E-state index in [0.717, 1.165) is 18.4 Å². The molecule has 1 aliphatic heterocycles. The van der Waals surface area contributed by atoms with E-state index < -0.39 is 0 Å². The molecule has 0 radical (unpaired) electrons. The molecule has 1 fully saturated rings. The Labute approximate surface area is 152 Å². The van der Waals surface area contributed by atoms with Gasteiger partial charge >= 0.3 is 0 Å². The molecule has 138 valence electrons. The summed E-state index contributed by atoms with van der Waals surface area (Å²) in [4.78, 5) is 29.0. The van der Waals surface area contributed by atoms with Gasteiger partial charge in [0.15, 0.2) is 0 Å². The molecule has 25 heavy (non-hydrogen) atoms. The molecule has 1 aromatic carbocycles. The quantitative estimate of drug-likeness (QED) is 0.835. The van der Waals surface area contributed by atoms with Crippen molar-refractivity contribution in [2.45, 2.75) is 52.9 Å². The Kier molecular flexibility index (Phi) is 6.26. The minimum atomic E-state index is 0.0649. The maximum absolute atomic E-state index is 12.7. The van der Waals surface area contributed by atoms with E-state index in [4.69, 9.17) is 0 Å². The highest BCUT2D eigenvalue weighted by molar-refractivity contribution is 5.94. The van der Waals surface area contributed by atoms with E-state index in [9.17, 15) is 9.59 Å². The summed E-state index contributed by atoms with van der Waals surface area (Å²) in [7, 11) is 0. The number of piperazine rings is 1. The molecule has 2 amide bonds. The Morgan fingerprint density at radius 3 is 1.84 bits per heavy atom. The Balaban J connectivity index is 1.96. The topological polar surface area (TPSA) is 40.6 Å².